The number of hydrogen-bond donors (Lipinski definition) is 0. The highest BCUT2D eigenvalue weighted by molar-refractivity contribution is 5.79. The Hall–Kier alpha value is -2.10. The molecule has 0 fully saturated rings. The van der Waals surface area contributed by atoms with Crippen LogP contribution < -0.4 is 0 Å². The molecule has 0 spiro atoms. The summed E-state index contributed by atoms with van der Waals surface area (Å²) in [5.41, 5.74) is 4.86. The summed E-state index contributed by atoms with van der Waals surface area (Å²) in [6, 6.07) is 8.02. The highest BCUT2D eigenvalue weighted by Gasteiger charge is 2.07. The first kappa shape index (κ1) is 9.15. The van der Waals surface area contributed by atoms with E-state index >= 15 is 0 Å². The van der Waals surface area contributed by atoms with E-state index in [1.165, 1.54) is 6.39 Å². The normalized spacial score (nSPS) is 11.1. The van der Waals surface area contributed by atoms with Crippen molar-refractivity contribution >= 4 is 11.1 Å². The molecule has 2 heterocycles. The number of oxazole rings is 1. The molecular weight excluding hydrogens is 202 g/mol. The first-order chi connectivity index (χ1) is 7.74. The van der Waals surface area contributed by atoms with Crippen LogP contribution in [0.1, 0.15) is 5.69 Å². The van der Waals surface area contributed by atoms with Crippen LogP contribution in [0.4, 0.5) is 0 Å². The zero-order valence-corrected chi connectivity index (χ0v) is 9.14. The van der Waals surface area contributed by atoms with Gasteiger partial charge in [-0.3, -0.25) is 4.68 Å². The highest BCUT2D eigenvalue weighted by Crippen LogP contribution is 2.23. The number of rotatable bonds is 1. The molecule has 1 aromatic carbocycles. The van der Waals surface area contributed by atoms with E-state index in [4.69, 9.17) is 4.42 Å². The number of nitrogens with zero attached hydrogens (tertiary/aromatic N) is 3. The third-order valence-corrected chi connectivity index (χ3v) is 2.63. The molecule has 0 aliphatic heterocycles. The van der Waals surface area contributed by atoms with Crippen molar-refractivity contribution in [3.8, 4) is 11.3 Å². The van der Waals surface area contributed by atoms with Crippen molar-refractivity contribution in [3.63, 3.8) is 0 Å². The molecule has 0 N–H and O–H groups in total. The minimum atomic E-state index is 0.802. The van der Waals surface area contributed by atoms with Gasteiger partial charge in [0.1, 0.15) is 5.52 Å². The predicted molar refractivity (Wildman–Crippen MR) is 60.9 cm³/mol. The standard InChI is InChI=1S/C12H11N3O/c1-8-5-11(15(2)14-8)9-3-4-10-12(6-9)16-7-13-10/h3-7H,1-2H3. The summed E-state index contributed by atoms with van der Waals surface area (Å²) in [5.74, 6) is 0. The number of aromatic nitrogens is 3. The second-order valence-electron chi connectivity index (χ2n) is 3.83. The van der Waals surface area contributed by atoms with E-state index in [1.807, 2.05) is 36.9 Å². The molecule has 3 aromatic rings. The Morgan fingerprint density at radius 3 is 2.88 bits per heavy atom. The van der Waals surface area contributed by atoms with Crippen LogP contribution in [-0.2, 0) is 7.05 Å². The van der Waals surface area contributed by atoms with E-state index in [0.717, 1.165) is 28.1 Å². The van der Waals surface area contributed by atoms with Gasteiger partial charge >= 0.3 is 0 Å². The van der Waals surface area contributed by atoms with Crippen LogP contribution in [0.2, 0.25) is 0 Å². The van der Waals surface area contributed by atoms with Gasteiger partial charge < -0.3 is 4.42 Å². The van der Waals surface area contributed by atoms with E-state index in [2.05, 4.69) is 16.1 Å². The SMILES string of the molecule is Cc1cc(-c2ccc3ncoc3c2)n(C)n1. The average Bonchev–Trinajstić information content (AvgIpc) is 2.83. The van der Waals surface area contributed by atoms with Crippen LogP contribution in [0.5, 0.6) is 0 Å². The summed E-state index contributed by atoms with van der Waals surface area (Å²) in [7, 11) is 1.94. The molecule has 4 nitrogen and oxygen atoms in total. The molecule has 16 heavy (non-hydrogen) atoms. The maximum atomic E-state index is 5.29. The van der Waals surface area contributed by atoms with Crippen molar-refractivity contribution in [3.05, 3.63) is 36.4 Å². The Balaban J connectivity index is 2.21. The van der Waals surface area contributed by atoms with Crippen LogP contribution in [0.15, 0.2) is 35.1 Å². The summed E-state index contributed by atoms with van der Waals surface area (Å²) < 4.78 is 7.15. The largest absolute Gasteiger partial charge is 0.443 e. The van der Waals surface area contributed by atoms with Gasteiger partial charge in [-0.15, -0.1) is 0 Å². The van der Waals surface area contributed by atoms with Gasteiger partial charge in [0.2, 0.25) is 0 Å². The Labute approximate surface area is 92.5 Å². The molecule has 0 unspecified atom stereocenters. The van der Waals surface area contributed by atoms with Gasteiger partial charge in [-0.25, -0.2) is 4.98 Å². The van der Waals surface area contributed by atoms with Gasteiger partial charge in [-0.1, -0.05) is 6.07 Å². The Kier molecular flexibility index (Phi) is 1.83. The molecule has 2 aromatic heterocycles. The molecule has 0 bridgehead atoms. The molecule has 0 atom stereocenters. The second-order valence-corrected chi connectivity index (χ2v) is 3.83. The molecule has 0 aliphatic rings. The monoisotopic (exact) mass is 213 g/mol. The van der Waals surface area contributed by atoms with Crippen molar-refractivity contribution in [2.45, 2.75) is 6.92 Å². The third kappa shape index (κ3) is 1.31. The lowest BCUT2D eigenvalue weighted by Gasteiger charge is -2.00. The van der Waals surface area contributed by atoms with Crippen molar-refractivity contribution in [2.24, 2.45) is 7.05 Å². The Morgan fingerprint density at radius 2 is 2.12 bits per heavy atom. The van der Waals surface area contributed by atoms with E-state index in [1.54, 1.807) is 0 Å². The number of aryl methyl sites for hydroxylation is 2. The zero-order valence-electron chi connectivity index (χ0n) is 9.14. The van der Waals surface area contributed by atoms with Gasteiger partial charge in [0, 0.05) is 12.6 Å². The molecule has 0 radical (unpaired) electrons. The van der Waals surface area contributed by atoms with Crippen molar-refractivity contribution in [1.82, 2.24) is 14.8 Å². The zero-order chi connectivity index (χ0) is 11.1. The summed E-state index contributed by atoms with van der Waals surface area (Å²) in [6.45, 7) is 1.98. The first-order valence-electron chi connectivity index (χ1n) is 5.08. The van der Waals surface area contributed by atoms with Crippen LogP contribution in [0.3, 0.4) is 0 Å². The lowest BCUT2D eigenvalue weighted by Crippen LogP contribution is -1.93. The van der Waals surface area contributed by atoms with E-state index in [0.29, 0.717) is 0 Å². The van der Waals surface area contributed by atoms with E-state index < -0.39 is 0 Å². The highest BCUT2D eigenvalue weighted by atomic mass is 16.3. The minimum Gasteiger partial charge on any atom is -0.443 e. The fourth-order valence-corrected chi connectivity index (χ4v) is 1.90. The quantitative estimate of drug-likeness (QED) is 0.624. The van der Waals surface area contributed by atoms with Gasteiger partial charge in [0.15, 0.2) is 12.0 Å². The van der Waals surface area contributed by atoms with Crippen LogP contribution in [0.25, 0.3) is 22.4 Å². The molecule has 0 aliphatic carbocycles. The molecule has 80 valence electrons. The van der Waals surface area contributed by atoms with E-state index in [9.17, 15) is 0 Å². The first-order valence-corrected chi connectivity index (χ1v) is 5.08. The number of fused-ring (bicyclic) bond motifs is 1. The Morgan fingerprint density at radius 1 is 1.25 bits per heavy atom. The lowest BCUT2D eigenvalue weighted by atomic mass is 10.1. The Bertz CT molecular complexity index is 651. The van der Waals surface area contributed by atoms with Gasteiger partial charge in [0.05, 0.1) is 11.4 Å². The van der Waals surface area contributed by atoms with Gasteiger partial charge in [-0.05, 0) is 25.1 Å². The summed E-state index contributed by atoms with van der Waals surface area (Å²) >= 11 is 0. The van der Waals surface area contributed by atoms with E-state index in [-0.39, 0.29) is 0 Å². The van der Waals surface area contributed by atoms with Crippen molar-refractivity contribution < 1.29 is 4.42 Å². The minimum absolute atomic E-state index is 0.802. The number of benzene rings is 1. The molecule has 0 amide bonds. The lowest BCUT2D eigenvalue weighted by molar-refractivity contribution is 0.602. The molecule has 0 saturated carbocycles. The molecule has 0 saturated heterocycles. The second kappa shape index (κ2) is 3.20. The smallest absolute Gasteiger partial charge is 0.181 e. The molecule has 3 rings (SSSR count). The maximum Gasteiger partial charge on any atom is 0.181 e. The summed E-state index contributed by atoms with van der Waals surface area (Å²) in [5, 5.41) is 4.33. The predicted octanol–water partition coefficient (Wildman–Crippen LogP) is 2.54. The maximum absolute atomic E-state index is 5.29. The molecule has 4 heteroatoms. The average molecular weight is 213 g/mol. The third-order valence-electron chi connectivity index (χ3n) is 2.63. The van der Waals surface area contributed by atoms with Crippen LogP contribution in [-0.4, -0.2) is 14.8 Å². The van der Waals surface area contributed by atoms with Crippen LogP contribution in [0, 0.1) is 6.92 Å². The van der Waals surface area contributed by atoms with Crippen molar-refractivity contribution in [1.29, 1.82) is 0 Å². The summed E-state index contributed by atoms with van der Waals surface area (Å²) in [4.78, 5) is 4.09. The van der Waals surface area contributed by atoms with Gasteiger partial charge in [-0.2, -0.15) is 5.10 Å². The fourth-order valence-electron chi connectivity index (χ4n) is 1.90. The van der Waals surface area contributed by atoms with Gasteiger partial charge in [0.25, 0.3) is 0 Å². The fraction of sp³-hybridized carbons (Fsp3) is 0.167. The van der Waals surface area contributed by atoms with Crippen molar-refractivity contribution in [2.75, 3.05) is 0 Å². The van der Waals surface area contributed by atoms with Crippen LogP contribution >= 0.6 is 0 Å². The molecular formula is C12H11N3O. The topological polar surface area (TPSA) is 43.9 Å². The number of hydrogen-bond acceptors (Lipinski definition) is 3. The summed E-state index contributed by atoms with van der Waals surface area (Å²) in [6.07, 6.45) is 1.46.